The second kappa shape index (κ2) is 6.08. The van der Waals surface area contributed by atoms with Crippen LogP contribution in [0.1, 0.15) is 5.56 Å². The number of fused-ring (bicyclic) bond motifs is 1. The van der Waals surface area contributed by atoms with Gasteiger partial charge in [0, 0.05) is 41.8 Å². The second-order valence-corrected chi connectivity index (χ2v) is 4.70. The van der Waals surface area contributed by atoms with Crippen molar-refractivity contribution in [2.45, 2.75) is 11.8 Å². The highest BCUT2D eigenvalue weighted by Gasteiger charge is 2.55. The van der Waals surface area contributed by atoms with Crippen molar-refractivity contribution in [2.75, 3.05) is 20.8 Å². The summed E-state index contributed by atoms with van der Waals surface area (Å²) >= 11 is 0. The monoisotopic (exact) mass is 309 g/mol. The molecule has 2 atom stereocenters. The predicted molar refractivity (Wildman–Crippen MR) is 76.6 cm³/mol. The zero-order valence-corrected chi connectivity index (χ0v) is 12.0. The molecule has 118 valence electrons. The van der Waals surface area contributed by atoms with E-state index in [1.807, 2.05) is 0 Å². The van der Waals surface area contributed by atoms with Crippen molar-refractivity contribution in [1.29, 1.82) is 0 Å². The number of nitrogens with zero attached hydrogens (tertiary/aromatic N) is 2. The van der Waals surface area contributed by atoms with E-state index >= 15 is 0 Å². The zero-order chi connectivity index (χ0) is 16.3. The second-order valence-electron chi connectivity index (χ2n) is 4.70. The summed E-state index contributed by atoms with van der Waals surface area (Å²) in [6.07, 6.45) is -0.0715. The lowest BCUT2D eigenvalue weighted by Crippen LogP contribution is -2.51. The lowest BCUT2D eigenvalue weighted by atomic mass is 9.89. The number of aromatic nitrogens is 1. The Morgan fingerprint density at radius 2 is 2.00 bits per heavy atom. The Morgan fingerprint density at radius 1 is 1.27 bits per heavy atom. The van der Waals surface area contributed by atoms with Gasteiger partial charge in [0.15, 0.2) is 0 Å². The molecule has 0 aliphatic rings. The highest BCUT2D eigenvalue weighted by Crippen LogP contribution is 2.36. The van der Waals surface area contributed by atoms with E-state index in [-0.39, 0.29) is 0 Å². The number of benzene rings is 1. The number of hydrogen-bond acceptors (Lipinski definition) is 6. The minimum Gasteiger partial charge on any atom is -0.361 e. The normalized spacial score (nSPS) is 15.4. The third-order valence-electron chi connectivity index (χ3n) is 3.59. The maximum Gasteiger partial charge on any atom is 0.355 e. The average molecular weight is 309 g/mol. The van der Waals surface area contributed by atoms with E-state index in [1.54, 1.807) is 30.5 Å². The first kappa shape index (κ1) is 15.9. The summed E-state index contributed by atoms with van der Waals surface area (Å²) < 4.78 is 10.2. The van der Waals surface area contributed by atoms with Crippen LogP contribution >= 0.6 is 0 Å². The van der Waals surface area contributed by atoms with Gasteiger partial charge in [-0.25, -0.2) is 0 Å². The van der Waals surface area contributed by atoms with Crippen molar-refractivity contribution < 1.29 is 19.3 Å². The van der Waals surface area contributed by atoms with Gasteiger partial charge in [0.25, 0.3) is 5.60 Å². The van der Waals surface area contributed by atoms with Crippen molar-refractivity contribution in [1.82, 2.24) is 4.98 Å². The molecule has 2 aromatic rings. The fraction of sp³-hybridized carbons (Fsp3) is 0.385. The summed E-state index contributed by atoms with van der Waals surface area (Å²) in [6, 6.07) is 6.66. The molecule has 2 unspecified atom stereocenters. The third kappa shape index (κ3) is 2.51. The van der Waals surface area contributed by atoms with Gasteiger partial charge < -0.3 is 14.5 Å². The fourth-order valence-electron chi connectivity index (χ4n) is 2.66. The number of ether oxygens (including phenoxy) is 2. The summed E-state index contributed by atoms with van der Waals surface area (Å²) in [5.74, 6) is 0. The van der Waals surface area contributed by atoms with Gasteiger partial charge >= 0.3 is 6.23 Å². The number of methoxy groups -OCH3 is 2. The molecule has 1 aromatic carbocycles. The van der Waals surface area contributed by atoms with Crippen LogP contribution in [0.5, 0.6) is 0 Å². The lowest BCUT2D eigenvalue weighted by Gasteiger charge is -2.30. The molecule has 0 saturated heterocycles. The molecule has 0 saturated carbocycles. The van der Waals surface area contributed by atoms with Crippen LogP contribution in [0.15, 0.2) is 30.5 Å². The van der Waals surface area contributed by atoms with Gasteiger partial charge in [-0.15, -0.1) is 0 Å². The Kier molecular flexibility index (Phi) is 4.38. The Labute approximate surface area is 125 Å². The summed E-state index contributed by atoms with van der Waals surface area (Å²) in [5.41, 5.74) is -0.821. The Bertz CT molecular complexity index is 700. The van der Waals surface area contributed by atoms with E-state index in [1.165, 1.54) is 7.11 Å². The molecule has 9 nitrogen and oxygen atoms in total. The highest BCUT2D eigenvalue weighted by molar-refractivity contribution is 5.83. The fourth-order valence-corrected chi connectivity index (χ4v) is 2.66. The van der Waals surface area contributed by atoms with Crippen molar-refractivity contribution >= 4 is 10.9 Å². The molecule has 22 heavy (non-hydrogen) atoms. The topological polar surface area (TPSA) is 121 Å². The molecular formula is C13H15N3O6. The summed E-state index contributed by atoms with van der Waals surface area (Å²) in [7, 11) is 2.32. The molecular weight excluding hydrogens is 294 g/mol. The van der Waals surface area contributed by atoms with E-state index in [2.05, 4.69) is 4.98 Å². The highest BCUT2D eigenvalue weighted by atomic mass is 16.7. The largest absolute Gasteiger partial charge is 0.361 e. The Hall–Kier alpha value is -2.52. The third-order valence-corrected chi connectivity index (χ3v) is 3.59. The summed E-state index contributed by atoms with van der Waals surface area (Å²) in [4.78, 5) is 24.0. The molecule has 0 bridgehead atoms. The van der Waals surface area contributed by atoms with E-state index in [9.17, 15) is 20.2 Å². The molecule has 0 fully saturated rings. The van der Waals surface area contributed by atoms with Crippen LogP contribution in [0.2, 0.25) is 0 Å². The van der Waals surface area contributed by atoms with E-state index in [0.29, 0.717) is 16.5 Å². The molecule has 1 heterocycles. The first-order valence-electron chi connectivity index (χ1n) is 6.36. The van der Waals surface area contributed by atoms with Crippen LogP contribution < -0.4 is 0 Å². The Morgan fingerprint density at radius 3 is 2.55 bits per heavy atom. The van der Waals surface area contributed by atoms with Crippen LogP contribution in [0.25, 0.3) is 10.9 Å². The molecule has 1 aromatic heterocycles. The van der Waals surface area contributed by atoms with Gasteiger partial charge in [-0.2, -0.15) is 0 Å². The minimum absolute atomic E-state index is 0.328. The smallest absolute Gasteiger partial charge is 0.355 e. The van der Waals surface area contributed by atoms with E-state index < -0.39 is 28.2 Å². The van der Waals surface area contributed by atoms with Crippen LogP contribution in [-0.4, -0.2) is 41.8 Å². The zero-order valence-electron chi connectivity index (χ0n) is 12.0. The quantitative estimate of drug-likeness (QED) is 0.470. The number of nitro groups is 2. The lowest BCUT2D eigenvalue weighted by molar-refractivity contribution is -0.620. The maximum absolute atomic E-state index is 11.3. The number of aromatic amines is 1. The standard InChI is InChI=1S/C13H15N3O6/c1-21-12(16(19)20)13(22-2,8-15(17)18)10-4-3-5-11-9(10)6-7-14-11/h3-7,12,14H,8H2,1-2H3. The van der Waals surface area contributed by atoms with Crippen molar-refractivity contribution in [3.8, 4) is 0 Å². The van der Waals surface area contributed by atoms with Crippen LogP contribution in [-0.2, 0) is 15.1 Å². The van der Waals surface area contributed by atoms with Crippen molar-refractivity contribution in [3.05, 3.63) is 56.3 Å². The van der Waals surface area contributed by atoms with Crippen molar-refractivity contribution in [3.63, 3.8) is 0 Å². The Balaban J connectivity index is 2.73. The minimum atomic E-state index is -1.84. The molecule has 0 aliphatic carbocycles. The van der Waals surface area contributed by atoms with Crippen LogP contribution in [0, 0.1) is 20.2 Å². The van der Waals surface area contributed by atoms with Gasteiger partial charge in [0.05, 0.1) is 4.92 Å². The molecule has 9 heteroatoms. The number of rotatable bonds is 7. The predicted octanol–water partition coefficient (Wildman–Crippen LogP) is 1.54. The number of H-pyrrole nitrogens is 1. The van der Waals surface area contributed by atoms with Gasteiger partial charge in [-0.3, -0.25) is 20.2 Å². The molecule has 0 aliphatic heterocycles. The van der Waals surface area contributed by atoms with Gasteiger partial charge in [-0.1, -0.05) is 12.1 Å². The summed E-state index contributed by atoms with van der Waals surface area (Å²) in [5, 5.41) is 23.0. The maximum atomic E-state index is 11.3. The molecule has 0 amide bonds. The van der Waals surface area contributed by atoms with Gasteiger partial charge in [-0.05, 0) is 12.1 Å². The van der Waals surface area contributed by atoms with E-state index in [0.717, 1.165) is 7.11 Å². The van der Waals surface area contributed by atoms with Crippen LogP contribution in [0.4, 0.5) is 0 Å². The van der Waals surface area contributed by atoms with E-state index in [4.69, 9.17) is 9.47 Å². The molecule has 2 rings (SSSR count). The first-order valence-corrected chi connectivity index (χ1v) is 6.36. The number of hydrogen-bond donors (Lipinski definition) is 1. The molecule has 0 spiro atoms. The first-order chi connectivity index (χ1) is 10.5. The van der Waals surface area contributed by atoms with Gasteiger partial charge in [0.2, 0.25) is 6.54 Å². The molecule has 0 radical (unpaired) electrons. The molecule has 1 N–H and O–H groups in total. The van der Waals surface area contributed by atoms with Crippen LogP contribution in [0.3, 0.4) is 0 Å². The number of nitrogens with one attached hydrogen (secondary N) is 1. The van der Waals surface area contributed by atoms with Crippen molar-refractivity contribution in [2.24, 2.45) is 0 Å². The summed E-state index contributed by atoms with van der Waals surface area (Å²) in [6.45, 7) is -0.798. The van der Waals surface area contributed by atoms with Gasteiger partial charge in [0.1, 0.15) is 0 Å². The SMILES string of the molecule is COC([N+](=O)[O-])C(C[N+](=O)[O-])(OC)c1cccc2[nH]ccc12. The average Bonchev–Trinajstić information content (AvgIpc) is 2.94.